The van der Waals surface area contributed by atoms with Crippen molar-refractivity contribution in [2.24, 2.45) is 0 Å². The van der Waals surface area contributed by atoms with Gasteiger partial charge >= 0.3 is 6.03 Å². The number of urea groups is 1. The Bertz CT molecular complexity index is 760. The number of benzene rings is 1. The van der Waals surface area contributed by atoms with Crippen LogP contribution in [0.25, 0.3) is 5.69 Å². The van der Waals surface area contributed by atoms with Gasteiger partial charge < -0.3 is 19.9 Å². The van der Waals surface area contributed by atoms with Crippen molar-refractivity contribution < 1.29 is 14.3 Å². The average molecular weight is 357 g/mol. The van der Waals surface area contributed by atoms with Crippen molar-refractivity contribution in [1.82, 2.24) is 24.9 Å². The van der Waals surface area contributed by atoms with E-state index in [1.165, 1.54) is 4.90 Å². The van der Waals surface area contributed by atoms with Crippen LogP contribution in [0.15, 0.2) is 42.7 Å². The minimum absolute atomic E-state index is 0.130. The second-order valence-electron chi connectivity index (χ2n) is 6.32. The number of likely N-dealkylation sites (N-methyl/N-ethyl adjacent to an activating group) is 1. The van der Waals surface area contributed by atoms with Crippen molar-refractivity contribution in [3.63, 3.8) is 0 Å². The molecule has 2 aromatic rings. The molecule has 8 heteroatoms. The van der Waals surface area contributed by atoms with E-state index >= 15 is 0 Å². The van der Waals surface area contributed by atoms with Gasteiger partial charge in [-0.3, -0.25) is 4.79 Å². The predicted molar refractivity (Wildman–Crippen MR) is 95.8 cm³/mol. The summed E-state index contributed by atoms with van der Waals surface area (Å²) in [6.45, 7) is 1.48. The minimum atomic E-state index is -0.604. The Balaban J connectivity index is 1.57. The summed E-state index contributed by atoms with van der Waals surface area (Å²) in [4.78, 5) is 27.6. The number of nitrogens with one attached hydrogen (secondary N) is 1. The minimum Gasteiger partial charge on any atom is -0.365 e. The maximum absolute atomic E-state index is 12.4. The fraction of sp³-hybridized carbons (Fsp3) is 0.389. The molecule has 0 bridgehead atoms. The summed E-state index contributed by atoms with van der Waals surface area (Å²) >= 11 is 0. The molecule has 1 atom stereocenters. The van der Waals surface area contributed by atoms with E-state index in [9.17, 15) is 9.59 Å². The molecular formula is C18H23N5O3. The summed E-state index contributed by atoms with van der Waals surface area (Å²) in [7, 11) is 3.36. The molecule has 1 N–H and O–H groups in total. The largest absolute Gasteiger partial charge is 0.365 e. The highest BCUT2D eigenvalue weighted by molar-refractivity contribution is 5.82. The molecule has 1 unspecified atom stereocenters. The highest BCUT2D eigenvalue weighted by Gasteiger charge is 2.30. The molecule has 2 heterocycles. The molecule has 1 aromatic heterocycles. The highest BCUT2D eigenvalue weighted by Crippen LogP contribution is 2.11. The van der Waals surface area contributed by atoms with Crippen LogP contribution in [0.4, 0.5) is 4.79 Å². The van der Waals surface area contributed by atoms with E-state index in [1.807, 2.05) is 36.5 Å². The third-order valence-corrected chi connectivity index (χ3v) is 4.19. The number of nitrogens with zero attached hydrogens (tertiary/aromatic N) is 4. The molecule has 1 aliphatic rings. The van der Waals surface area contributed by atoms with Crippen molar-refractivity contribution in [3.05, 3.63) is 48.3 Å². The zero-order chi connectivity index (χ0) is 18.5. The third kappa shape index (κ3) is 4.20. The van der Waals surface area contributed by atoms with Gasteiger partial charge in [-0.05, 0) is 23.8 Å². The molecule has 0 radical (unpaired) electrons. The number of rotatable bonds is 4. The summed E-state index contributed by atoms with van der Waals surface area (Å²) in [5, 5.41) is 7.11. The Morgan fingerprint density at radius 3 is 2.92 bits per heavy atom. The number of carbonyl (C=O) groups excluding carboxylic acids is 2. The molecule has 138 valence electrons. The van der Waals surface area contributed by atoms with Crippen LogP contribution >= 0.6 is 0 Å². The van der Waals surface area contributed by atoms with Gasteiger partial charge in [0.05, 0.1) is 18.8 Å². The lowest BCUT2D eigenvalue weighted by atomic mass is 10.2. The SMILES string of the molecule is CN(C)C(=O)C1CN(C(=O)NCc2cccc(-n3cccn3)c2)CCO1. The third-order valence-electron chi connectivity index (χ3n) is 4.19. The number of hydrogen-bond donors (Lipinski definition) is 1. The normalized spacial score (nSPS) is 17.0. The van der Waals surface area contributed by atoms with Crippen LogP contribution in [0, 0.1) is 0 Å². The summed E-state index contributed by atoms with van der Waals surface area (Å²) in [6.07, 6.45) is 2.98. The van der Waals surface area contributed by atoms with E-state index in [0.717, 1.165) is 11.3 Å². The summed E-state index contributed by atoms with van der Waals surface area (Å²) in [6, 6.07) is 9.47. The summed E-state index contributed by atoms with van der Waals surface area (Å²) < 4.78 is 7.25. The predicted octanol–water partition coefficient (Wildman–Crippen LogP) is 0.871. The van der Waals surface area contributed by atoms with Crippen LogP contribution in [0.3, 0.4) is 0 Å². The van der Waals surface area contributed by atoms with E-state index in [0.29, 0.717) is 19.7 Å². The van der Waals surface area contributed by atoms with Crippen LogP contribution < -0.4 is 5.32 Å². The lowest BCUT2D eigenvalue weighted by molar-refractivity contribution is -0.145. The highest BCUT2D eigenvalue weighted by atomic mass is 16.5. The van der Waals surface area contributed by atoms with Crippen molar-refractivity contribution in [2.75, 3.05) is 33.8 Å². The summed E-state index contributed by atoms with van der Waals surface area (Å²) in [5.74, 6) is -0.130. The van der Waals surface area contributed by atoms with Crippen LogP contribution in [0.1, 0.15) is 5.56 Å². The monoisotopic (exact) mass is 357 g/mol. The van der Waals surface area contributed by atoms with Crippen molar-refractivity contribution in [1.29, 1.82) is 0 Å². The number of amides is 3. The molecule has 0 aliphatic carbocycles. The first-order valence-corrected chi connectivity index (χ1v) is 8.49. The maximum atomic E-state index is 12.4. The first-order valence-electron chi connectivity index (χ1n) is 8.49. The van der Waals surface area contributed by atoms with Gasteiger partial charge in [0.15, 0.2) is 6.10 Å². The first kappa shape index (κ1) is 17.9. The molecule has 0 spiro atoms. The first-order chi connectivity index (χ1) is 12.5. The number of aromatic nitrogens is 2. The van der Waals surface area contributed by atoms with E-state index < -0.39 is 6.10 Å². The van der Waals surface area contributed by atoms with E-state index in [2.05, 4.69) is 10.4 Å². The molecule has 1 saturated heterocycles. The Labute approximate surface area is 152 Å². The molecule has 3 rings (SSSR count). The molecule has 1 aliphatic heterocycles. The van der Waals surface area contributed by atoms with Gasteiger partial charge in [-0.1, -0.05) is 12.1 Å². The van der Waals surface area contributed by atoms with Crippen LogP contribution in [0.2, 0.25) is 0 Å². The number of morpholine rings is 1. The zero-order valence-electron chi connectivity index (χ0n) is 15.0. The Hall–Kier alpha value is -2.87. The lowest BCUT2D eigenvalue weighted by Gasteiger charge is -2.33. The number of carbonyl (C=O) groups is 2. The smallest absolute Gasteiger partial charge is 0.317 e. The Kier molecular flexibility index (Phi) is 5.52. The van der Waals surface area contributed by atoms with Crippen LogP contribution in [-0.4, -0.2) is 71.4 Å². The van der Waals surface area contributed by atoms with Crippen molar-refractivity contribution in [2.45, 2.75) is 12.6 Å². The van der Waals surface area contributed by atoms with Gasteiger partial charge in [0.1, 0.15) is 0 Å². The summed E-state index contributed by atoms with van der Waals surface area (Å²) in [5.41, 5.74) is 1.91. The van der Waals surface area contributed by atoms with Crippen LogP contribution in [-0.2, 0) is 16.1 Å². The molecule has 8 nitrogen and oxygen atoms in total. The van der Waals surface area contributed by atoms with E-state index in [-0.39, 0.29) is 18.5 Å². The Morgan fingerprint density at radius 2 is 2.19 bits per heavy atom. The molecule has 1 aromatic carbocycles. The van der Waals surface area contributed by atoms with Gasteiger partial charge in [0.2, 0.25) is 0 Å². The Morgan fingerprint density at radius 1 is 1.35 bits per heavy atom. The fourth-order valence-electron chi connectivity index (χ4n) is 2.79. The van der Waals surface area contributed by atoms with Gasteiger partial charge in [-0.15, -0.1) is 0 Å². The van der Waals surface area contributed by atoms with Crippen molar-refractivity contribution >= 4 is 11.9 Å². The van der Waals surface area contributed by atoms with E-state index in [4.69, 9.17) is 4.74 Å². The standard InChI is InChI=1S/C18H23N5O3/c1-21(2)17(24)16-13-22(9-10-26-16)18(25)19-12-14-5-3-6-15(11-14)23-8-4-7-20-23/h3-8,11,16H,9-10,12-13H2,1-2H3,(H,19,25). The van der Waals surface area contributed by atoms with E-state index in [1.54, 1.807) is 29.9 Å². The zero-order valence-corrected chi connectivity index (χ0v) is 15.0. The maximum Gasteiger partial charge on any atom is 0.317 e. The lowest BCUT2D eigenvalue weighted by Crippen LogP contribution is -2.53. The van der Waals surface area contributed by atoms with Gasteiger partial charge in [-0.25, -0.2) is 9.48 Å². The van der Waals surface area contributed by atoms with Crippen molar-refractivity contribution in [3.8, 4) is 5.69 Å². The number of ether oxygens (including phenoxy) is 1. The molecule has 26 heavy (non-hydrogen) atoms. The van der Waals surface area contributed by atoms with Gasteiger partial charge in [-0.2, -0.15) is 5.10 Å². The molecular weight excluding hydrogens is 334 g/mol. The quantitative estimate of drug-likeness (QED) is 0.881. The topological polar surface area (TPSA) is 79.7 Å². The van der Waals surface area contributed by atoms with Crippen LogP contribution in [0.5, 0.6) is 0 Å². The second-order valence-corrected chi connectivity index (χ2v) is 6.32. The van der Waals surface area contributed by atoms with Gasteiger partial charge in [0.25, 0.3) is 5.91 Å². The molecule has 1 fully saturated rings. The van der Waals surface area contributed by atoms with Gasteiger partial charge in [0, 0.05) is 39.6 Å². The molecule has 3 amide bonds. The number of hydrogen-bond acceptors (Lipinski definition) is 4. The fourth-order valence-corrected chi connectivity index (χ4v) is 2.79. The average Bonchev–Trinajstić information content (AvgIpc) is 3.20. The molecule has 0 saturated carbocycles. The second kappa shape index (κ2) is 8.01.